The van der Waals surface area contributed by atoms with Gasteiger partial charge in [-0.2, -0.15) is 0 Å². The summed E-state index contributed by atoms with van der Waals surface area (Å²) in [6.45, 7) is 0.342. The van der Waals surface area contributed by atoms with E-state index >= 15 is 0 Å². The highest BCUT2D eigenvalue weighted by molar-refractivity contribution is 7.82. The zero-order valence-corrected chi connectivity index (χ0v) is 15.6. The molecule has 8 heteroatoms. The van der Waals surface area contributed by atoms with Crippen LogP contribution in [0.3, 0.4) is 0 Å². The molecular formula is C20H17FN4O2S. The van der Waals surface area contributed by atoms with Gasteiger partial charge < -0.3 is 10.6 Å². The number of aromatic nitrogens is 1. The Bertz CT molecular complexity index is 967. The molecule has 2 aromatic carbocycles. The average Bonchev–Trinajstić information content (AvgIpc) is 2.73. The van der Waals surface area contributed by atoms with Crippen LogP contribution in [-0.4, -0.2) is 16.9 Å². The first-order chi connectivity index (χ1) is 13.5. The number of amides is 3. The second-order valence-electron chi connectivity index (χ2n) is 5.81. The molecule has 0 aliphatic rings. The van der Waals surface area contributed by atoms with Gasteiger partial charge in [-0.3, -0.25) is 9.78 Å². The maximum absolute atomic E-state index is 13.7. The van der Waals surface area contributed by atoms with Crippen molar-refractivity contribution in [3.63, 3.8) is 0 Å². The molecule has 2 N–H and O–H groups in total. The molecule has 6 nitrogen and oxygen atoms in total. The summed E-state index contributed by atoms with van der Waals surface area (Å²) in [7, 11) is 0. The van der Waals surface area contributed by atoms with E-state index < -0.39 is 17.8 Å². The maximum Gasteiger partial charge on any atom is 0.332 e. The molecule has 28 heavy (non-hydrogen) atoms. The standard InChI is InChI=1S/C20H17FN4O2S/c21-18-4-2-1-3-17(18)19(26)24-15-5-7-16(8-6-15)25(28)20(27)23-13-14-9-11-22-12-10-14/h1-12,28H,13H2,(H,23,27)(H,24,26). The molecule has 0 aliphatic carbocycles. The molecule has 3 aromatic rings. The number of hydrogen-bond acceptors (Lipinski definition) is 4. The number of pyridine rings is 1. The van der Waals surface area contributed by atoms with Gasteiger partial charge in [0.25, 0.3) is 5.91 Å². The van der Waals surface area contributed by atoms with Crippen molar-refractivity contribution in [2.45, 2.75) is 6.54 Å². The minimum absolute atomic E-state index is 0.0436. The van der Waals surface area contributed by atoms with E-state index in [4.69, 9.17) is 0 Å². The summed E-state index contributed by atoms with van der Waals surface area (Å²) in [6, 6.07) is 15.4. The molecule has 142 valence electrons. The number of carbonyl (C=O) groups is 2. The van der Waals surface area contributed by atoms with Crippen LogP contribution in [0.25, 0.3) is 0 Å². The van der Waals surface area contributed by atoms with Crippen molar-refractivity contribution in [1.82, 2.24) is 10.3 Å². The van der Waals surface area contributed by atoms with E-state index in [9.17, 15) is 14.0 Å². The second-order valence-corrected chi connectivity index (χ2v) is 6.21. The van der Waals surface area contributed by atoms with Gasteiger partial charge in [0.1, 0.15) is 5.82 Å². The third kappa shape index (κ3) is 4.86. The Balaban J connectivity index is 1.59. The first-order valence-electron chi connectivity index (χ1n) is 8.36. The van der Waals surface area contributed by atoms with Crippen LogP contribution in [0.5, 0.6) is 0 Å². The number of nitrogens with one attached hydrogen (secondary N) is 2. The molecule has 0 bridgehead atoms. The molecular weight excluding hydrogens is 379 g/mol. The number of rotatable bonds is 5. The molecule has 0 aliphatic heterocycles. The maximum atomic E-state index is 13.7. The van der Waals surface area contributed by atoms with Gasteiger partial charge in [0, 0.05) is 24.6 Å². The van der Waals surface area contributed by atoms with E-state index in [-0.39, 0.29) is 5.56 Å². The molecule has 1 heterocycles. The molecule has 0 fully saturated rings. The number of nitrogens with zero attached hydrogens (tertiary/aromatic N) is 2. The SMILES string of the molecule is O=C(Nc1ccc(N(S)C(=O)NCc2ccncc2)cc1)c1ccccc1F. The van der Waals surface area contributed by atoms with E-state index in [1.807, 2.05) is 0 Å². The molecule has 0 atom stereocenters. The first-order valence-corrected chi connectivity index (χ1v) is 8.76. The van der Waals surface area contributed by atoms with Crippen LogP contribution < -0.4 is 14.9 Å². The van der Waals surface area contributed by atoms with E-state index in [2.05, 4.69) is 28.4 Å². The zero-order chi connectivity index (χ0) is 19.9. The topological polar surface area (TPSA) is 74.3 Å². The van der Waals surface area contributed by atoms with Crippen LogP contribution in [0.4, 0.5) is 20.6 Å². The zero-order valence-electron chi connectivity index (χ0n) is 14.7. The third-order valence-corrected chi connectivity index (χ3v) is 4.29. The molecule has 3 rings (SSSR count). The summed E-state index contributed by atoms with van der Waals surface area (Å²) in [6.07, 6.45) is 3.29. The monoisotopic (exact) mass is 396 g/mol. The Morgan fingerprint density at radius 1 is 1.00 bits per heavy atom. The highest BCUT2D eigenvalue weighted by Gasteiger charge is 2.13. The van der Waals surface area contributed by atoms with Crippen molar-refractivity contribution in [2.75, 3.05) is 9.62 Å². The quantitative estimate of drug-likeness (QED) is 0.570. The number of carbonyl (C=O) groups excluding carboxylic acids is 2. The van der Waals surface area contributed by atoms with Crippen LogP contribution in [0.2, 0.25) is 0 Å². The van der Waals surface area contributed by atoms with Crippen molar-refractivity contribution in [2.24, 2.45) is 0 Å². The normalized spacial score (nSPS) is 10.2. The minimum atomic E-state index is -0.593. The smallest absolute Gasteiger partial charge is 0.332 e. The van der Waals surface area contributed by atoms with Gasteiger partial charge in [0.2, 0.25) is 0 Å². The van der Waals surface area contributed by atoms with Crippen molar-refractivity contribution in [1.29, 1.82) is 0 Å². The molecule has 0 spiro atoms. The summed E-state index contributed by atoms with van der Waals surface area (Å²) < 4.78 is 14.8. The van der Waals surface area contributed by atoms with Gasteiger partial charge in [-0.25, -0.2) is 13.5 Å². The van der Waals surface area contributed by atoms with Crippen LogP contribution in [0.1, 0.15) is 15.9 Å². The van der Waals surface area contributed by atoms with Gasteiger partial charge in [0.15, 0.2) is 0 Å². The Hall–Kier alpha value is -3.39. The Labute approximate surface area is 166 Å². The van der Waals surface area contributed by atoms with Crippen molar-refractivity contribution in [3.05, 3.63) is 90.0 Å². The summed E-state index contributed by atoms with van der Waals surface area (Å²) in [5, 5.41) is 5.36. The van der Waals surface area contributed by atoms with Crippen molar-refractivity contribution >= 4 is 36.1 Å². The lowest BCUT2D eigenvalue weighted by Gasteiger charge is -2.17. The average molecular weight is 396 g/mol. The van der Waals surface area contributed by atoms with Gasteiger partial charge in [-0.1, -0.05) is 24.9 Å². The van der Waals surface area contributed by atoms with Gasteiger partial charge in [0.05, 0.1) is 11.3 Å². The van der Waals surface area contributed by atoms with E-state index in [1.165, 1.54) is 18.2 Å². The summed E-state index contributed by atoms with van der Waals surface area (Å²) in [5.41, 5.74) is 1.85. The number of urea groups is 1. The number of benzene rings is 2. The molecule has 3 amide bonds. The Kier molecular flexibility index (Phi) is 6.23. The van der Waals surface area contributed by atoms with Crippen LogP contribution in [0, 0.1) is 5.82 Å². The second kappa shape index (κ2) is 9.01. The van der Waals surface area contributed by atoms with Gasteiger partial charge in [-0.15, -0.1) is 0 Å². The van der Waals surface area contributed by atoms with Crippen LogP contribution in [0.15, 0.2) is 73.1 Å². The van der Waals surface area contributed by atoms with Crippen molar-refractivity contribution in [3.8, 4) is 0 Å². The molecule has 0 saturated heterocycles. The predicted octanol–water partition coefficient (Wildman–Crippen LogP) is 4.03. The number of hydrogen-bond donors (Lipinski definition) is 3. The lowest BCUT2D eigenvalue weighted by atomic mass is 10.2. The van der Waals surface area contributed by atoms with Crippen LogP contribution >= 0.6 is 12.8 Å². The summed E-state index contributed by atoms with van der Waals surface area (Å²) in [5.74, 6) is -1.15. The van der Waals surface area contributed by atoms with Crippen LogP contribution in [-0.2, 0) is 6.54 Å². The highest BCUT2D eigenvalue weighted by Crippen LogP contribution is 2.20. The van der Waals surface area contributed by atoms with E-state index in [1.54, 1.807) is 54.9 Å². The fourth-order valence-electron chi connectivity index (χ4n) is 2.40. The lowest BCUT2D eigenvalue weighted by molar-refractivity contribution is 0.102. The first kappa shape index (κ1) is 19.4. The van der Waals surface area contributed by atoms with E-state index in [0.29, 0.717) is 17.9 Å². The lowest BCUT2D eigenvalue weighted by Crippen LogP contribution is -2.33. The van der Waals surface area contributed by atoms with Gasteiger partial charge in [-0.05, 0) is 54.1 Å². The molecule has 1 aromatic heterocycles. The largest absolute Gasteiger partial charge is 0.333 e. The number of thiol groups is 1. The molecule has 0 unspecified atom stereocenters. The summed E-state index contributed by atoms with van der Waals surface area (Å²) >= 11 is 4.21. The van der Waals surface area contributed by atoms with Gasteiger partial charge >= 0.3 is 6.03 Å². The Morgan fingerprint density at radius 2 is 1.68 bits per heavy atom. The predicted molar refractivity (Wildman–Crippen MR) is 109 cm³/mol. The molecule has 0 saturated carbocycles. The minimum Gasteiger partial charge on any atom is -0.333 e. The number of halogens is 1. The third-order valence-electron chi connectivity index (χ3n) is 3.87. The van der Waals surface area contributed by atoms with Crippen molar-refractivity contribution < 1.29 is 14.0 Å². The van der Waals surface area contributed by atoms with E-state index in [0.717, 1.165) is 9.87 Å². The number of anilines is 2. The summed E-state index contributed by atoms with van der Waals surface area (Å²) in [4.78, 5) is 28.3. The fourth-order valence-corrected chi connectivity index (χ4v) is 2.60. The molecule has 0 radical (unpaired) electrons. The highest BCUT2D eigenvalue weighted by atomic mass is 32.1. The fraction of sp³-hybridized carbons (Fsp3) is 0.0500. The Morgan fingerprint density at radius 3 is 2.36 bits per heavy atom.